The van der Waals surface area contributed by atoms with Crippen LogP contribution in [0.2, 0.25) is 0 Å². The minimum atomic E-state index is -0.115. The highest BCUT2D eigenvalue weighted by Crippen LogP contribution is 2.29. The van der Waals surface area contributed by atoms with Crippen LogP contribution in [0.4, 0.5) is 0 Å². The summed E-state index contributed by atoms with van der Waals surface area (Å²) in [5, 5.41) is 7.86. The van der Waals surface area contributed by atoms with Crippen molar-refractivity contribution in [2.75, 3.05) is 6.54 Å². The van der Waals surface area contributed by atoms with Gasteiger partial charge in [0.2, 0.25) is 0 Å². The molecule has 1 radical (unpaired) electrons. The lowest BCUT2D eigenvalue weighted by molar-refractivity contribution is 0.0954. The summed E-state index contributed by atoms with van der Waals surface area (Å²) in [5.41, 5.74) is 6.29. The van der Waals surface area contributed by atoms with Crippen molar-refractivity contribution in [3.63, 3.8) is 0 Å². The van der Waals surface area contributed by atoms with Gasteiger partial charge in [0, 0.05) is 34.1 Å². The van der Waals surface area contributed by atoms with E-state index >= 15 is 0 Å². The number of halogens is 2. The minimum Gasteiger partial charge on any atom is -0.457 e. The molecule has 205 valence electrons. The van der Waals surface area contributed by atoms with Crippen LogP contribution in [0.15, 0.2) is 130 Å². The van der Waals surface area contributed by atoms with Crippen LogP contribution in [-0.2, 0) is 19.5 Å². The Hall–Kier alpha value is -3.71. The molecule has 0 heterocycles. The Kier molecular flexibility index (Phi) is 10.0. The highest BCUT2D eigenvalue weighted by Gasteiger charge is 2.13. The summed E-state index contributed by atoms with van der Waals surface area (Å²) >= 11 is 7.31. The molecule has 6 heteroatoms. The molecule has 0 spiro atoms. The maximum atomic E-state index is 12.9. The number of hydrogen-bond acceptors (Lipinski definition) is 2. The van der Waals surface area contributed by atoms with E-state index in [1.54, 1.807) is 0 Å². The second-order valence-electron chi connectivity index (χ2n) is 9.55. The molecule has 0 saturated heterocycles. The molecule has 0 aliphatic heterocycles. The molecule has 0 fully saturated rings. The van der Waals surface area contributed by atoms with Gasteiger partial charge in [-0.05, 0) is 70.6 Å². The van der Waals surface area contributed by atoms with Gasteiger partial charge in [0.25, 0.3) is 5.91 Å². The van der Waals surface area contributed by atoms with Gasteiger partial charge in [-0.1, -0.05) is 117 Å². The third kappa shape index (κ3) is 7.94. The van der Waals surface area contributed by atoms with E-state index in [-0.39, 0.29) is 5.91 Å². The summed E-state index contributed by atoms with van der Waals surface area (Å²) in [4.78, 5) is 12.9. The Morgan fingerprint density at radius 2 is 1.32 bits per heavy atom. The van der Waals surface area contributed by atoms with E-state index in [9.17, 15) is 4.79 Å². The molecule has 0 aliphatic carbocycles. The standard InChI is InChI=1S/C35H29Br2N2O2/c36-33-21-28(35(40)39-20-19-25-15-17-30(18-16-25)41-29-12-5-2-6-13-29)22-34(37)32(33)24-38-23-27-11-7-8-14-31(27)26-9-3-1-4-10-26/h1-18,21-22H,19-20,23-24H2,(H,39,40). The number of benzene rings is 5. The normalized spacial score (nSPS) is 10.8. The summed E-state index contributed by atoms with van der Waals surface area (Å²) in [5.74, 6) is 1.47. The van der Waals surface area contributed by atoms with Crippen molar-refractivity contribution in [1.82, 2.24) is 10.6 Å². The van der Waals surface area contributed by atoms with E-state index in [1.807, 2.05) is 78.9 Å². The monoisotopic (exact) mass is 667 g/mol. The number of hydrogen-bond donors (Lipinski definition) is 1. The summed E-state index contributed by atoms with van der Waals surface area (Å²) < 4.78 is 7.56. The number of nitrogens with zero attached hydrogens (tertiary/aromatic N) is 1. The number of para-hydroxylation sites is 1. The van der Waals surface area contributed by atoms with Crippen LogP contribution in [0.3, 0.4) is 0 Å². The Morgan fingerprint density at radius 3 is 2.02 bits per heavy atom. The second kappa shape index (κ2) is 14.3. The molecule has 5 aromatic carbocycles. The highest BCUT2D eigenvalue weighted by molar-refractivity contribution is 9.11. The molecule has 1 N–H and O–H groups in total. The zero-order valence-corrected chi connectivity index (χ0v) is 25.6. The third-order valence-electron chi connectivity index (χ3n) is 6.66. The van der Waals surface area contributed by atoms with Gasteiger partial charge in [-0.2, -0.15) is 0 Å². The number of nitrogens with one attached hydrogen (secondary N) is 1. The van der Waals surface area contributed by atoms with Crippen LogP contribution in [0.25, 0.3) is 11.1 Å². The number of carbonyl (C=O) groups is 1. The lowest BCUT2D eigenvalue weighted by atomic mass is 10.00. The first-order valence-electron chi connectivity index (χ1n) is 13.4. The van der Waals surface area contributed by atoms with Gasteiger partial charge in [0.05, 0.1) is 0 Å². The van der Waals surface area contributed by atoms with Crippen molar-refractivity contribution >= 4 is 37.8 Å². The van der Waals surface area contributed by atoms with Crippen LogP contribution in [0, 0.1) is 0 Å². The van der Waals surface area contributed by atoms with Crippen molar-refractivity contribution in [2.45, 2.75) is 19.5 Å². The van der Waals surface area contributed by atoms with E-state index in [0.29, 0.717) is 25.2 Å². The molecule has 0 unspecified atom stereocenters. The number of amides is 1. The van der Waals surface area contributed by atoms with E-state index in [4.69, 9.17) is 10.1 Å². The van der Waals surface area contributed by atoms with Gasteiger partial charge in [-0.3, -0.25) is 4.79 Å². The van der Waals surface area contributed by atoms with Gasteiger partial charge >= 0.3 is 0 Å². The van der Waals surface area contributed by atoms with Gasteiger partial charge in [0.1, 0.15) is 11.5 Å². The first-order valence-corrected chi connectivity index (χ1v) is 15.0. The molecule has 4 nitrogen and oxygen atoms in total. The average molecular weight is 669 g/mol. The van der Waals surface area contributed by atoms with E-state index in [2.05, 4.69) is 79.6 Å². The minimum absolute atomic E-state index is 0.115. The van der Waals surface area contributed by atoms with E-state index in [0.717, 1.165) is 38.0 Å². The van der Waals surface area contributed by atoms with Crippen molar-refractivity contribution in [3.8, 4) is 22.6 Å². The van der Waals surface area contributed by atoms with Gasteiger partial charge in [-0.25, -0.2) is 5.32 Å². The average Bonchev–Trinajstić information content (AvgIpc) is 3.00. The summed E-state index contributed by atoms with van der Waals surface area (Å²) in [6, 6.07) is 40.1. The predicted octanol–water partition coefficient (Wildman–Crippen LogP) is 8.95. The van der Waals surface area contributed by atoms with Gasteiger partial charge in [-0.15, -0.1) is 0 Å². The van der Waals surface area contributed by atoms with Crippen molar-refractivity contribution in [3.05, 3.63) is 153 Å². The largest absolute Gasteiger partial charge is 0.457 e. The molecule has 41 heavy (non-hydrogen) atoms. The predicted molar refractivity (Wildman–Crippen MR) is 172 cm³/mol. The molecular formula is C35H29Br2N2O2. The lowest BCUT2D eigenvalue weighted by Crippen LogP contribution is -2.25. The Morgan fingerprint density at radius 1 is 0.707 bits per heavy atom. The van der Waals surface area contributed by atoms with Crippen LogP contribution < -0.4 is 15.4 Å². The molecule has 5 rings (SSSR count). The fraction of sp³-hybridized carbons (Fsp3) is 0.114. The van der Waals surface area contributed by atoms with Crippen molar-refractivity contribution in [2.24, 2.45) is 0 Å². The molecule has 5 aromatic rings. The summed E-state index contributed by atoms with van der Waals surface area (Å²) in [6.45, 7) is 1.66. The number of carbonyl (C=O) groups excluding carboxylic acids is 1. The smallest absolute Gasteiger partial charge is 0.251 e. The van der Waals surface area contributed by atoms with Gasteiger partial charge in [0.15, 0.2) is 0 Å². The van der Waals surface area contributed by atoms with Crippen molar-refractivity contribution < 1.29 is 9.53 Å². The molecular weight excluding hydrogens is 640 g/mol. The zero-order chi connectivity index (χ0) is 28.4. The van der Waals surface area contributed by atoms with Crippen LogP contribution in [0.1, 0.15) is 27.0 Å². The molecule has 0 aromatic heterocycles. The van der Waals surface area contributed by atoms with E-state index in [1.165, 1.54) is 16.7 Å². The molecule has 0 saturated carbocycles. The SMILES string of the molecule is O=C(NCCc1ccc(Oc2ccccc2)cc1)c1cc(Br)c(C[N]Cc2ccccc2-c2ccccc2)c(Br)c1. The Bertz CT molecular complexity index is 1570. The maximum absolute atomic E-state index is 12.9. The summed E-state index contributed by atoms with van der Waals surface area (Å²) in [7, 11) is 0. The summed E-state index contributed by atoms with van der Waals surface area (Å²) in [6.07, 6.45) is 0.723. The number of rotatable bonds is 11. The Balaban J connectivity index is 1.13. The molecule has 1 amide bonds. The number of ether oxygens (including phenoxy) is 1. The fourth-order valence-electron chi connectivity index (χ4n) is 4.50. The second-order valence-corrected chi connectivity index (χ2v) is 11.3. The highest BCUT2D eigenvalue weighted by atomic mass is 79.9. The molecule has 0 aliphatic rings. The third-order valence-corrected chi connectivity index (χ3v) is 8.07. The fourth-order valence-corrected chi connectivity index (χ4v) is 5.94. The molecule has 0 atom stereocenters. The quantitative estimate of drug-likeness (QED) is 0.153. The first kappa shape index (κ1) is 28.8. The van der Waals surface area contributed by atoms with Crippen LogP contribution in [0.5, 0.6) is 11.5 Å². The topological polar surface area (TPSA) is 52.4 Å². The maximum Gasteiger partial charge on any atom is 0.251 e. The first-order chi connectivity index (χ1) is 20.1. The zero-order valence-electron chi connectivity index (χ0n) is 22.4. The van der Waals surface area contributed by atoms with E-state index < -0.39 is 0 Å². The lowest BCUT2D eigenvalue weighted by Gasteiger charge is -2.13. The van der Waals surface area contributed by atoms with Crippen LogP contribution in [-0.4, -0.2) is 12.5 Å². The Labute approximate surface area is 258 Å². The molecule has 0 bridgehead atoms. The van der Waals surface area contributed by atoms with Crippen LogP contribution >= 0.6 is 31.9 Å². The van der Waals surface area contributed by atoms with Gasteiger partial charge < -0.3 is 10.1 Å². The van der Waals surface area contributed by atoms with Crippen molar-refractivity contribution in [1.29, 1.82) is 0 Å².